The summed E-state index contributed by atoms with van der Waals surface area (Å²) in [6.07, 6.45) is 1.92. The van der Waals surface area contributed by atoms with E-state index in [1.165, 1.54) is 11.8 Å². The van der Waals surface area contributed by atoms with Gasteiger partial charge in [-0.05, 0) is 95.6 Å². The molecule has 0 radical (unpaired) electrons. The fourth-order valence-corrected chi connectivity index (χ4v) is 4.99. The summed E-state index contributed by atoms with van der Waals surface area (Å²) >= 11 is 17.1. The fraction of sp³-hybridized carbons (Fsp3) is 0.130. The van der Waals surface area contributed by atoms with Gasteiger partial charge in [0.2, 0.25) is 0 Å². The number of benzene rings is 2. The number of amidine groups is 1. The number of carbonyl (C=O) groups is 1. The lowest BCUT2D eigenvalue weighted by molar-refractivity contribution is -0.121. The Morgan fingerprint density at radius 1 is 1.10 bits per heavy atom. The quantitative estimate of drug-likeness (QED) is 0.328. The van der Waals surface area contributed by atoms with Gasteiger partial charge in [-0.1, -0.05) is 29.3 Å². The minimum absolute atomic E-state index is 0.0838. The highest BCUT2D eigenvalue weighted by Gasteiger charge is 2.30. The van der Waals surface area contributed by atoms with E-state index in [-0.39, 0.29) is 5.91 Å². The second-order valence-electron chi connectivity index (χ2n) is 7.11. The molecule has 4 nitrogen and oxygen atoms in total. The number of aryl methyl sites for hydroxylation is 1. The number of likely N-dealkylation sites (N-methyl/N-ethyl adjacent to an activating group) is 1. The summed E-state index contributed by atoms with van der Waals surface area (Å²) in [5.41, 5.74) is 4.76. The maximum absolute atomic E-state index is 12.8. The van der Waals surface area contributed by atoms with E-state index < -0.39 is 0 Å². The molecule has 4 rings (SSSR count). The molecular formula is C23H18BrCl2N3OS. The van der Waals surface area contributed by atoms with Crippen molar-refractivity contribution < 1.29 is 4.79 Å². The molecule has 1 aliphatic heterocycles. The minimum Gasteiger partial charge on any atom is -0.318 e. The van der Waals surface area contributed by atoms with Crippen molar-refractivity contribution in [2.45, 2.75) is 13.8 Å². The maximum Gasteiger partial charge on any atom is 0.266 e. The van der Waals surface area contributed by atoms with Gasteiger partial charge >= 0.3 is 0 Å². The number of thioether (sulfide) groups is 1. The van der Waals surface area contributed by atoms with Crippen molar-refractivity contribution in [3.8, 4) is 5.69 Å². The van der Waals surface area contributed by atoms with E-state index in [0.29, 0.717) is 25.8 Å². The summed E-state index contributed by atoms with van der Waals surface area (Å²) in [4.78, 5) is 19.6. The van der Waals surface area contributed by atoms with Crippen LogP contribution in [0.1, 0.15) is 17.0 Å². The second kappa shape index (κ2) is 8.87. The van der Waals surface area contributed by atoms with Gasteiger partial charge in [0.05, 0.1) is 15.6 Å². The standard InChI is InChI=1S/C23H18BrCl2N3OS/c1-13-9-15(14(2)29(13)18-6-4-5-16(25)11-18)10-21-22(30)28(3)23(31-21)27-17-7-8-19(24)20(26)12-17/h4-12H,1-3H3/b21-10-,27-23?. The molecule has 1 saturated heterocycles. The Morgan fingerprint density at radius 3 is 2.58 bits per heavy atom. The molecule has 0 N–H and O–H groups in total. The number of hydrogen-bond acceptors (Lipinski definition) is 3. The molecule has 31 heavy (non-hydrogen) atoms. The zero-order valence-electron chi connectivity index (χ0n) is 17.0. The van der Waals surface area contributed by atoms with Gasteiger partial charge in [0.25, 0.3) is 5.91 Å². The third kappa shape index (κ3) is 4.48. The Kier molecular flexibility index (Phi) is 6.35. The van der Waals surface area contributed by atoms with Gasteiger partial charge in [-0.2, -0.15) is 0 Å². The van der Waals surface area contributed by atoms with E-state index in [4.69, 9.17) is 23.2 Å². The predicted octanol–water partition coefficient (Wildman–Crippen LogP) is 7.40. The van der Waals surface area contributed by atoms with Gasteiger partial charge < -0.3 is 4.57 Å². The maximum atomic E-state index is 12.8. The van der Waals surface area contributed by atoms with Gasteiger partial charge in [-0.15, -0.1) is 0 Å². The Labute approximate surface area is 203 Å². The van der Waals surface area contributed by atoms with E-state index in [9.17, 15) is 4.79 Å². The van der Waals surface area contributed by atoms with Crippen molar-refractivity contribution in [3.05, 3.63) is 84.9 Å². The molecule has 158 valence electrons. The molecule has 1 amide bonds. The smallest absolute Gasteiger partial charge is 0.266 e. The minimum atomic E-state index is -0.0838. The SMILES string of the molecule is Cc1cc(/C=C2\SC(=Nc3ccc(Br)c(Cl)c3)N(C)C2=O)c(C)n1-c1cccc(Cl)c1. The number of amides is 1. The molecule has 2 aromatic carbocycles. The summed E-state index contributed by atoms with van der Waals surface area (Å²) in [7, 11) is 1.73. The number of hydrogen-bond donors (Lipinski definition) is 0. The highest BCUT2D eigenvalue weighted by atomic mass is 79.9. The van der Waals surface area contributed by atoms with Crippen molar-refractivity contribution in [2.75, 3.05) is 7.05 Å². The fourth-order valence-electron chi connectivity index (χ4n) is 3.40. The monoisotopic (exact) mass is 533 g/mol. The van der Waals surface area contributed by atoms with Gasteiger partial charge in [0.1, 0.15) is 0 Å². The summed E-state index contributed by atoms with van der Waals surface area (Å²) < 4.78 is 2.93. The number of rotatable bonds is 3. The van der Waals surface area contributed by atoms with Crippen LogP contribution in [-0.2, 0) is 4.79 Å². The molecule has 1 fully saturated rings. The van der Waals surface area contributed by atoms with E-state index in [1.54, 1.807) is 18.0 Å². The molecule has 0 spiro atoms. The number of carbonyl (C=O) groups excluding carboxylic acids is 1. The first-order valence-electron chi connectivity index (χ1n) is 9.41. The first kappa shape index (κ1) is 22.2. The summed E-state index contributed by atoms with van der Waals surface area (Å²) in [6.45, 7) is 4.07. The largest absolute Gasteiger partial charge is 0.318 e. The molecule has 2 heterocycles. The zero-order valence-corrected chi connectivity index (χ0v) is 20.9. The van der Waals surface area contributed by atoms with E-state index in [0.717, 1.165) is 27.1 Å². The molecule has 1 aliphatic rings. The van der Waals surface area contributed by atoms with Crippen LogP contribution in [0.15, 0.2) is 62.9 Å². The summed E-state index contributed by atoms with van der Waals surface area (Å²) in [5.74, 6) is -0.0838. The van der Waals surface area contributed by atoms with Crippen molar-refractivity contribution >= 4 is 73.7 Å². The van der Waals surface area contributed by atoms with E-state index in [2.05, 4.69) is 31.6 Å². The van der Waals surface area contributed by atoms with Crippen LogP contribution in [0.3, 0.4) is 0 Å². The van der Waals surface area contributed by atoms with Crippen LogP contribution >= 0.6 is 50.9 Å². The average molecular weight is 535 g/mol. The van der Waals surface area contributed by atoms with Gasteiger partial charge in [-0.3, -0.25) is 9.69 Å². The third-order valence-electron chi connectivity index (χ3n) is 4.95. The molecule has 3 aromatic rings. The second-order valence-corrected chi connectivity index (χ2v) is 9.82. The molecule has 0 saturated carbocycles. The molecule has 0 aliphatic carbocycles. The van der Waals surface area contributed by atoms with Crippen LogP contribution in [0.4, 0.5) is 5.69 Å². The van der Waals surface area contributed by atoms with Crippen LogP contribution < -0.4 is 0 Å². The summed E-state index contributed by atoms with van der Waals surface area (Å²) in [5, 5.41) is 1.86. The number of aliphatic imine (C=N–C) groups is 1. The van der Waals surface area contributed by atoms with Gasteiger partial charge in [-0.25, -0.2) is 4.99 Å². The lowest BCUT2D eigenvalue weighted by Gasteiger charge is -2.10. The first-order chi connectivity index (χ1) is 14.7. The lowest BCUT2D eigenvalue weighted by atomic mass is 10.2. The Morgan fingerprint density at radius 2 is 1.87 bits per heavy atom. The van der Waals surface area contributed by atoms with Gasteiger partial charge in [0.15, 0.2) is 5.17 Å². The number of nitrogens with zero attached hydrogens (tertiary/aromatic N) is 3. The number of halogens is 3. The highest BCUT2D eigenvalue weighted by molar-refractivity contribution is 9.10. The molecular weight excluding hydrogens is 517 g/mol. The molecule has 0 atom stereocenters. The Bertz CT molecular complexity index is 1270. The van der Waals surface area contributed by atoms with Crippen molar-refractivity contribution in [2.24, 2.45) is 4.99 Å². The van der Waals surface area contributed by atoms with Crippen LogP contribution in [-0.4, -0.2) is 27.6 Å². The zero-order chi connectivity index (χ0) is 22.3. The predicted molar refractivity (Wildman–Crippen MR) is 135 cm³/mol. The van der Waals surface area contributed by atoms with Crippen LogP contribution in [0, 0.1) is 13.8 Å². The van der Waals surface area contributed by atoms with Crippen molar-refractivity contribution in [3.63, 3.8) is 0 Å². The van der Waals surface area contributed by atoms with Crippen LogP contribution in [0.25, 0.3) is 11.8 Å². The summed E-state index contributed by atoms with van der Waals surface area (Å²) in [6, 6.07) is 15.2. The van der Waals surface area contributed by atoms with Crippen LogP contribution in [0.2, 0.25) is 10.0 Å². The van der Waals surface area contributed by atoms with E-state index in [1.807, 2.05) is 56.3 Å². The molecule has 1 aromatic heterocycles. The number of aromatic nitrogens is 1. The Hall–Kier alpha value is -1.99. The molecule has 0 bridgehead atoms. The Balaban J connectivity index is 1.68. The van der Waals surface area contributed by atoms with Gasteiger partial charge in [0, 0.05) is 33.6 Å². The van der Waals surface area contributed by atoms with Crippen LogP contribution in [0.5, 0.6) is 0 Å². The van der Waals surface area contributed by atoms with Crippen molar-refractivity contribution in [1.82, 2.24) is 9.47 Å². The first-order valence-corrected chi connectivity index (χ1v) is 11.8. The van der Waals surface area contributed by atoms with Crippen molar-refractivity contribution in [1.29, 1.82) is 0 Å². The normalized spacial score (nSPS) is 16.7. The molecule has 8 heteroatoms. The highest BCUT2D eigenvalue weighted by Crippen LogP contribution is 2.35. The topological polar surface area (TPSA) is 37.6 Å². The lowest BCUT2D eigenvalue weighted by Crippen LogP contribution is -2.23. The van der Waals surface area contributed by atoms with E-state index >= 15 is 0 Å². The third-order valence-corrected chi connectivity index (χ3v) is 7.48. The average Bonchev–Trinajstić information content (AvgIpc) is 3.15. The molecule has 0 unspecified atom stereocenters.